The molecule has 2 nitrogen and oxygen atoms in total. The highest BCUT2D eigenvalue weighted by Crippen LogP contribution is 2.39. The molecule has 1 aromatic rings. The number of nitrogens with one attached hydrogen (secondary N) is 1. The van der Waals surface area contributed by atoms with E-state index in [1.165, 1.54) is 37.8 Å². The van der Waals surface area contributed by atoms with Crippen molar-refractivity contribution in [2.45, 2.75) is 57.7 Å². The lowest BCUT2D eigenvalue weighted by Crippen LogP contribution is -2.44. The van der Waals surface area contributed by atoms with Crippen molar-refractivity contribution in [1.82, 2.24) is 10.2 Å². The van der Waals surface area contributed by atoms with Gasteiger partial charge in [-0.05, 0) is 49.9 Å². The van der Waals surface area contributed by atoms with E-state index in [-0.39, 0.29) is 0 Å². The van der Waals surface area contributed by atoms with Crippen LogP contribution < -0.4 is 5.32 Å². The summed E-state index contributed by atoms with van der Waals surface area (Å²) in [5, 5.41) is 3.73. The Hall–Kier alpha value is -0.860. The summed E-state index contributed by atoms with van der Waals surface area (Å²) in [7, 11) is 0. The smallest absolute Gasteiger partial charge is 0.0484 e. The molecule has 104 valence electrons. The minimum atomic E-state index is 0.536. The average molecular weight is 258 g/mol. The van der Waals surface area contributed by atoms with Crippen LogP contribution in [0.5, 0.6) is 0 Å². The molecule has 2 aliphatic carbocycles. The first-order valence-corrected chi connectivity index (χ1v) is 7.92. The van der Waals surface area contributed by atoms with Gasteiger partial charge in [0.15, 0.2) is 0 Å². The molecule has 0 aromatic heterocycles. The molecule has 2 aliphatic rings. The Morgan fingerprint density at radius 3 is 2.68 bits per heavy atom. The zero-order valence-corrected chi connectivity index (χ0v) is 12.2. The van der Waals surface area contributed by atoms with Crippen molar-refractivity contribution in [2.75, 3.05) is 13.1 Å². The van der Waals surface area contributed by atoms with Gasteiger partial charge in [-0.1, -0.05) is 38.1 Å². The van der Waals surface area contributed by atoms with Crippen molar-refractivity contribution in [1.29, 1.82) is 0 Å². The lowest BCUT2D eigenvalue weighted by atomic mass is 10.1. The van der Waals surface area contributed by atoms with Gasteiger partial charge in [-0.15, -0.1) is 0 Å². The molecule has 0 spiro atoms. The van der Waals surface area contributed by atoms with Crippen molar-refractivity contribution >= 4 is 0 Å². The number of benzene rings is 1. The molecule has 0 heterocycles. The summed E-state index contributed by atoms with van der Waals surface area (Å²) >= 11 is 0. The summed E-state index contributed by atoms with van der Waals surface area (Å²) in [6.07, 6.45) is 5.31. The standard InChI is InChI=1S/C17H26N2/c1-3-11-19(14-9-10-14)16-12-13-7-5-6-8-15(13)17(16)18-4-2/h5-8,14,16-18H,3-4,9-12H2,1-2H3. The molecule has 19 heavy (non-hydrogen) atoms. The summed E-state index contributed by atoms with van der Waals surface area (Å²) in [6, 6.07) is 11.1. The van der Waals surface area contributed by atoms with Crippen molar-refractivity contribution in [3.63, 3.8) is 0 Å². The summed E-state index contributed by atoms with van der Waals surface area (Å²) in [5.74, 6) is 0. The predicted octanol–water partition coefficient (Wildman–Crippen LogP) is 3.14. The third-order valence-electron chi connectivity index (χ3n) is 4.55. The number of rotatable bonds is 6. The third-order valence-corrected chi connectivity index (χ3v) is 4.55. The van der Waals surface area contributed by atoms with E-state index in [4.69, 9.17) is 0 Å². The molecule has 1 aromatic carbocycles. The summed E-state index contributed by atoms with van der Waals surface area (Å²) < 4.78 is 0. The van der Waals surface area contributed by atoms with E-state index in [1.807, 2.05) is 0 Å². The number of hydrogen-bond donors (Lipinski definition) is 1. The molecular weight excluding hydrogens is 232 g/mol. The topological polar surface area (TPSA) is 15.3 Å². The molecule has 0 amide bonds. The molecule has 1 N–H and O–H groups in total. The first-order chi connectivity index (χ1) is 9.35. The van der Waals surface area contributed by atoms with E-state index in [0.717, 1.165) is 12.6 Å². The normalized spacial score (nSPS) is 25.8. The van der Waals surface area contributed by atoms with Gasteiger partial charge in [0.25, 0.3) is 0 Å². The van der Waals surface area contributed by atoms with Gasteiger partial charge in [0.05, 0.1) is 0 Å². The molecule has 0 radical (unpaired) electrons. The van der Waals surface area contributed by atoms with Gasteiger partial charge in [0.2, 0.25) is 0 Å². The van der Waals surface area contributed by atoms with Gasteiger partial charge in [0.1, 0.15) is 0 Å². The Morgan fingerprint density at radius 2 is 2.00 bits per heavy atom. The van der Waals surface area contributed by atoms with E-state index in [1.54, 1.807) is 5.56 Å². The van der Waals surface area contributed by atoms with Crippen molar-refractivity contribution in [2.24, 2.45) is 0 Å². The molecule has 2 atom stereocenters. The van der Waals surface area contributed by atoms with Crippen LogP contribution in [0.4, 0.5) is 0 Å². The monoisotopic (exact) mass is 258 g/mol. The first kappa shape index (κ1) is 13.1. The maximum absolute atomic E-state index is 3.73. The van der Waals surface area contributed by atoms with Crippen LogP contribution in [0.3, 0.4) is 0 Å². The fourth-order valence-corrected chi connectivity index (χ4v) is 3.63. The van der Waals surface area contributed by atoms with E-state index in [2.05, 4.69) is 48.3 Å². The van der Waals surface area contributed by atoms with Crippen molar-refractivity contribution in [3.8, 4) is 0 Å². The number of nitrogens with zero attached hydrogens (tertiary/aromatic N) is 1. The molecule has 1 saturated carbocycles. The number of fused-ring (bicyclic) bond motifs is 1. The molecule has 0 bridgehead atoms. The second-order valence-corrected chi connectivity index (χ2v) is 5.97. The highest BCUT2D eigenvalue weighted by molar-refractivity contribution is 5.37. The molecule has 3 rings (SSSR count). The van der Waals surface area contributed by atoms with E-state index >= 15 is 0 Å². The van der Waals surface area contributed by atoms with Gasteiger partial charge in [-0.3, -0.25) is 4.90 Å². The Morgan fingerprint density at radius 1 is 1.21 bits per heavy atom. The highest BCUT2D eigenvalue weighted by Gasteiger charge is 2.41. The van der Waals surface area contributed by atoms with Crippen LogP contribution in [-0.4, -0.2) is 30.1 Å². The Kier molecular flexibility index (Phi) is 3.90. The van der Waals surface area contributed by atoms with Crippen LogP contribution in [0.1, 0.15) is 50.3 Å². The second-order valence-electron chi connectivity index (χ2n) is 5.97. The minimum Gasteiger partial charge on any atom is -0.309 e. The molecule has 1 fully saturated rings. The highest BCUT2D eigenvalue weighted by atomic mass is 15.2. The van der Waals surface area contributed by atoms with Crippen LogP contribution in [0.15, 0.2) is 24.3 Å². The lowest BCUT2D eigenvalue weighted by molar-refractivity contribution is 0.157. The molecule has 2 heteroatoms. The summed E-state index contributed by atoms with van der Waals surface area (Å²) in [5.41, 5.74) is 3.09. The Balaban J connectivity index is 1.84. The van der Waals surface area contributed by atoms with Crippen LogP contribution >= 0.6 is 0 Å². The fourth-order valence-electron chi connectivity index (χ4n) is 3.63. The maximum atomic E-state index is 3.73. The minimum absolute atomic E-state index is 0.536. The molecule has 2 unspecified atom stereocenters. The van der Waals surface area contributed by atoms with E-state index in [9.17, 15) is 0 Å². The SMILES string of the molecule is CCCN(C1CC1)C1Cc2ccccc2C1NCC. The Labute approximate surface area is 117 Å². The first-order valence-electron chi connectivity index (χ1n) is 7.92. The van der Waals surface area contributed by atoms with Gasteiger partial charge in [-0.2, -0.15) is 0 Å². The predicted molar refractivity (Wildman–Crippen MR) is 80.4 cm³/mol. The summed E-state index contributed by atoms with van der Waals surface area (Å²) in [6.45, 7) is 6.84. The summed E-state index contributed by atoms with van der Waals surface area (Å²) in [4.78, 5) is 2.79. The quantitative estimate of drug-likeness (QED) is 0.843. The van der Waals surface area contributed by atoms with E-state index in [0.29, 0.717) is 12.1 Å². The van der Waals surface area contributed by atoms with Crippen LogP contribution in [0.25, 0.3) is 0 Å². The zero-order chi connectivity index (χ0) is 13.2. The molecular formula is C17H26N2. The van der Waals surface area contributed by atoms with Crippen LogP contribution in [0, 0.1) is 0 Å². The largest absolute Gasteiger partial charge is 0.309 e. The molecule has 0 saturated heterocycles. The fraction of sp³-hybridized carbons (Fsp3) is 0.647. The Bertz CT molecular complexity index is 425. The van der Waals surface area contributed by atoms with Gasteiger partial charge in [-0.25, -0.2) is 0 Å². The van der Waals surface area contributed by atoms with Crippen LogP contribution in [0.2, 0.25) is 0 Å². The third kappa shape index (κ3) is 2.56. The van der Waals surface area contributed by atoms with E-state index < -0.39 is 0 Å². The lowest BCUT2D eigenvalue weighted by Gasteiger charge is -2.33. The second kappa shape index (κ2) is 5.64. The number of hydrogen-bond acceptors (Lipinski definition) is 2. The maximum Gasteiger partial charge on any atom is 0.0484 e. The zero-order valence-electron chi connectivity index (χ0n) is 12.2. The van der Waals surface area contributed by atoms with Crippen molar-refractivity contribution < 1.29 is 0 Å². The van der Waals surface area contributed by atoms with Gasteiger partial charge < -0.3 is 5.32 Å². The van der Waals surface area contributed by atoms with Crippen molar-refractivity contribution in [3.05, 3.63) is 35.4 Å². The van der Waals surface area contributed by atoms with Crippen LogP contribution in [-0.2, 0) is 6.42 Å². The number of likely N-dealkylation sites (N-methyl/N-ethyl adjacent to an activating group) is 1. The molecule has 0 aliphatic heterocycles. The van der Waals surface area contributed by atoms with Gasteiger partial charge in [0, 0.05) is 18.1 Å². The van der Waals surface area contributed by atoms with Gasteiger partial charge >= 0.3 is 0 Å². The average Bonchev–Trinajstić information content (AvgIpc) is 3.20.